The number of hydrogen-bond acceptors (Lipinski definition) is 3. The first-order valence-electron chi connectivity index (χ1n) is 4.04. The maximum atomic E-state index is 11.2. The molecule has 0 saturated heterocycles. The van der Waals surface area contributed by atoms with Crippen LogP contribution in [-0.2, 0) is 9.53 Å². The summed E-state index contributed by atoms with van der Waals surface area (Å²) in [6, 6.07) is 0. The van der Waals surface area contributed by atoms with Gasteiger partial charge in [-0.25, -0.2) is 4.79 Å². The van der Waals surface area contributed by atoms with Crippen LogP contribution in [0.5, 0.6) is 0 Å². The van der Waals surface area contributed by atoms with Crippen molar-refractivity contribution in [2.45, 2.75) is 26.3 Å². The van der Waals surface area contributed by atoms with Gasteiger partial charge in [-0.05, 0) is 20.8 Å². The maximum absolute atomic E-state index is 11.2. The molecule has 5 heteroatoms. The van der Waals surface area contributed by atoms with E-state index >= 15 is 0 Å². The lowest BCUT2D eigenvalue weighted by Crippen LogP contribution is -2.53. The molecular weight excluding hydrogens is 172 g/mol. The van der Waals surface area contributed by atoms with Gasteiger partial charge in [-0.3, -0.25) is 9.69 Å². The number of nitrogens with zero attached hydrogens (tertiary/aromatic N) is 1. The normalized spacial score (nSPS) is 10.8. The van der Waals surface area contributed by atoms with Crippen LogP contribution >= 0.6 is 0 Å². The zero-order chi connectivity index (χ0) is 10.6. The molecule has 5 nitrogen and oxygen atoms in total. The van der Waals surface area contributed by atoms with E-state index in [2.05, 4.69) is 0 Å². The van der Waals surface area contributed by atoms with Gasteiger partial charge in [-0.2, -0.15) is 0 Å². The number of carbonyl (C=O) groups excluding carboxylic acids is 2. The molecule has 0 rings (SSSR count). The SMILES string of the molecule is CCOC(=O)N(C)C(C)(C)C(N)=O. The number of likely N-dealkylation sites (N-methyl/N-ethyl adjacent to an activating group) is 1. The predicted octanol–water partition coefficient (Wildman–Crippen LogP) is 0.339. The number of ether oxygens (including phenoxy) is 1. The molecule has 13 heavy (non-hydrogen) atoms. The Morgan fingerprint density at radius 2 is 1.92 bits per heavy atom. The minimum atomic E-state index is -1.02. The average Bonchev–Trinajstić information content (AvgIpc) is 2.03. The van der Waals surface area contributed by atoms with Crippen LogP contribution < -0.4 is 5.73 Å². The van der Waals surface area contributed by atoms with E-state index in [9.17, 15) is 9.59 Å². The van der Waals surface area contributed by atoms with Crippen LogP contribution in [0.1, 0.15) is 20.8 Å². The van der Waals surface area contributed by atoms with Crippen LogP contribution in [0.4, 0.5) is 4.79 Å². The van der Waals surface area contributed by atoms with Crippen LogP contribution in [0.3, 0.4) is 0 Å². The van der Waals surface area contributed by atoms with Gasteiger partial charge in [-0.15, -0.1) is 0 Å². The van der Waals surface area contributed by atoms with E-state index < -0.39 is 17.5 Å². The van der Waals surface area contributed by atoms with Gasteiger partial charge in [0, 0.05) is 7.05 Å². The van der Waals surface area contributed by atoms with E-state index in [4.69, 9.17) is 10.5 Å². The fourth-order valence-electron chi connectivity index (χ4n) is 0.614. The third-order valence-corrected chi connectivity index (χ3v) is 1.98. The third kappa shape index (κ3) is 2.61. The van der Waals surface area contributed by atoms with Crippen LogP contribution in [0, 0.1) is 0 Å². The van der Waals surface area contributed by atoms with Gasteiger partial charge in [0.1, 0.15) is 5.54 Å². The first kappa shape index (κ1) is 11.7. The highest BCUT2D eigenvalue weighted by molar-refractivity contribution is 5.87. The number of hydrogen-bond donors (Lipinski definition) is 1. The monoisotopic (exact) mass is 188 g/mol. The molecule has 76 valence electrons. The number of amides is 2. The van der Waals surface area contributed by atoms with Crippen molar-refractivity contribution in [3.05, 3.63) is 0 Å². The molecule has 0 aromatic heterocycles. The molecule has 0 aliphatic carbocycles. The van der Waals surface area contributed by atoms with Crippen LogP contribution in [0.2, 0.25) is 0 Å². The van der Waals surface area contributed by atoms with Crippen molar-refractivity contribution in [3.8, 4) is 0 Å². The smallest absolute Gasteiger partial charge is 0.410 e. The predicted molar refractivity (Wildman–Crippen MR) is 48.1 cm³/mol. The van der Waals surface area contributed by atoms with E-state index in [0.717, 1.165) is 0 Å². The van der Waals surface area contributed by atoms with Crippen LogP contribution in [0.25, 0.3) is 0 Å². The van der Waals surface area contributed by atoms with Crippen LogP contribution in [-0.4, -0.2) is 36.1 Å². The summed E-state index contributed by atoms with van der Waals surface area (Å²) in [5.41, 5.74) is 4.10. The number of carbonyl (C=O) groups is 2. The van der Waals surface area contributed by atoms with Gasteiger partial charge >= 0.3 is 6.09 Å². The van der Waals surface area contributed by atoms with E-state index in [1.165, 1.54) is 11.9 Å². The van der Waals surface area contributed by atoms with E-state index in [1.54, 1.807) is 20.8 Å². The minimum absolute atomic E-state index is 0.276. The van der Waals surface area contributed by atoms with Crippen molar-refractivity contribution in [1.29, 1.82) is 0 Å². The number of nitrogens with two attached hydrogens (primary N) is 1. The highest BCUT2D eigenvalue weighted by Crippen LogP contribution is 2.12. The molecule has 0 aromatic carbocycles. The van der Waals surface area contributed by atoms with Gasteiger partial charge in [0.15, 0.2) is 0 Å². The summed E-state index contributed by atoms with van der Waals surface area (Å²) in [6.45, 7) is 5.10. The molecular formula is C8H16N2O3. The van der Waals surface area contributed by atoms with Crippen molar-refractivity contribution in [3.63, 3.8) is 0 Å². The third-order valence-electron chi connectivity index (χ3n) is 1.98. The van der Waals surface area contributed by atoms with Gasteiger partial charge in [-0.1, -0.05) is 0 Å². The molecule has 0 atom stereocenters. The Bertz CT molecular complexity index is 213. The van der Waals surface area contributed by atoms with Gasteiger partial charge < -0.3 is 10.5 Å². The Balaban J connectivity index is 4.48. The highest BCUT2D eigenvalue weighted by Gasteiger charge is 2.34. The van der Waals surface area contributed by atoms with Crippen molar-refractivity contribution < 1.29 is 14.3 Å². The first-order chi connectivity index (χ1) is 5.84. The summed E-state index contributed by atoms with van der Waals surface area (Å²) in [7, 11) is 1.47. The summed E-state index contributed by atoms with van der Waals surface area (Å²) < 4.78 is 4.72. The lowest BCUT2D eigenvalue weighted by Gasteiger charge is -2.31. The standard InChI is InChI=1S/C8H16N2O3/c1-5-13-7(12)10(4)8(2,3)6(9)11/h5H2,1-4H3,(H2,9,11). The lowest BCUT2D eigenvalue weighted by molar-refractivity contribution is -0.126. The largest absolute Gasteiger partial charge is 0.450 e. The maximum Gasteiger partial charge on any atom is 0.410 e. The second-order valence-electron chi connectivity index (χ2n) is 3.18. The fourth-order valence-corrected chi connectivity index (χ4v) is 0.614. The Kier molecular flexibility index (Phi) is 3.71. The van der Waals surface area contributed by atoms with Crippen LogP contribution in [0.15, 0.2) is 0 Å². The fraction of sp³-hybridized carbons (Fsp3) is 0.750. The summed E-state index contributed by atoms with van der Waals surface area (Å²) in [4.78, 5) is 23.3. The Morgan fingerprint density at radius 3 is 2.23 bits per heavy atom. The van der Waals surface area contributed by atoms with Crippen molar-refractivity contribution in [1.82, 2.24) is 4.90 Å². The topological polar surface area (TPSA) is 72.6 Å². The molecule has 0 aliphatic heterocycles. The highest BCUT2D eigenvalue weighted by atomic mass is 16.6. The average molecular weight is 188 g/mol. The first-order valence-corrected chi connectivity index (χ1v) is 4.04. The van der Waals surface area contributed by atoms with E-state index in [0.29, 0.717) is 0 Å². The molecule has 0 radical (unpaired) electrons. The number of rotatable bonds is 3. The molecule has 0 bridgehead atoms. The molecule has 0 aliphatic rings. The molecule has 0 spiro atoms. The van der Waals surface area contributed by atoms with E-state index in [-0.39, 0.29) is 6.61 Å². The lowest BCUT2D eigenvalue weighted by atomic mass is 10.0. The molecule has 0 saturated carbocycles. The van der Waals surface area contributed by atoms with Crippen molar-refractivity contribution >= 4 is 12.0 Å². The Hall–Kier alpha value is -1.26. The Labute approximate surface area is 77.8 Å². The number of primary amides is 1. The molecule has 0 fully saturated rings. The molecule has 0 unspecified atom stereocenters. The molecule has 2 amide bonds. The zero-order valence-corrected chi connectivity index (χ0v) is 8.46. The summed E-state index contributed by atoms with van der Waals surface area (Å²) >= 11 is 0. The van der Waals surface area contributed by atoms with E-state index in [1.807, 2.05) is 0 Å². The zero-order valence-electron chi connectivity index (χ0n) is 8.46. The minimum Gasteiger partial charge on any atom is -0.450 e. The molecule has 0 heterocycles. The quantitative estimate of drug-likeness (QED) is 0.694. The summed E-state index contributed by atoms with van der Waals surface area (Å²) in [6.07, 6.45) is -0.550. The van der Waals surface area contributed by atoms with Crippen molar-refractivity contribution in [2.75, 3.05) is 13.7 Å². The second-order valence-corrected chi connectivity index (χ2v) is 3.18. The molecule has 2 N–H and O–H groups in total. The molecule has 0 aromatic rings. The Morgan fingerprint density at radius 1 is 1.46 bits per heavy atom. The van der Waals surface area contributed by atoms with Gasteiger partial charge in [0.2, 0.25) is 5.91 Å². The van der Waals surface area contributed by atoms with Crippen molar-refractivity contribution in [2.24, 2.45) is 5.73 Å². The summed E-state index contributed by atoms with van der Waals surface area (Å²) in [5, 5.41) is 0. The van der Waals surface area contributed by atoms with Gasteiger partial charge in [0.25, 0.3) is 0 Å². The van der Waals surface area contributed by atoms with Gasteiger partial charge in [0.05, 0.1) is 6.61 Å². The second kappa shape index (κ2) is 4.11. The summed E-state index contributed by atoms with van der Waals surface area (Å²) in [5.74, 6) is -0.567.